The second-order valence-electron chi connectivity index (χ2n) is 12.9. The predicted molar refractivity (Wildman–Crippen MR) is 166 cm³/mol. The fraction of sp³-hybridized carbons (Fsp3) is 0.444. The third-order valence-corrected chi connectivity index (χ3v) is 7.95. The zero-order valence-electron chi connectivity index (χ0n) is 26.1. The van der Waals surface area contributed by atoms with Gasteiger partial charge in [-0.25, -0.2) is 0 Å². The highest BCUT2D eigenvalue weighted by molar-refractivity contribution is 5.73. The maximum Gasteiger partial charge on any atom is 0.306 e. The molecule has 7 heteroatoms. The summed E-state index contributed by atoms with van der Waals surface area (Å²) < 4.78 is 0. The average molecular weight is 589 g/mol. The van der Waals surface area contributed by atoms with Gasteiger partial charge in [0.1, 0.15) is 11.9 Å². The van der Waals surface area contributed by atoms with Crippen LogP contribution in [0.25, 0.3) is 0 Å². The topological polar surface area (TPSA) is 110 Å². The highest BCUT2D eigenvalue weighted by Crippen LogP contribution is 2.40. The van der Waals surface area contributed by atoms with E-state index >= 15 is 0 Å². The molecular weight excluding hydrogens is 542 g/mol. The van der Waals surface area contributed by atoms with Gasteiger partial charge in [-0.2, -0.15) is 5.06 Å². The summed E-state index contributed by atoms with van der Waals surface area (Å²) in [5.74, 6) is -4.16. The molecule has 3 rings (SSSR count). The summed E-state index contributed by atoms with van der Waals surface area (Å²) >= 11 is 0. The number of aliphatic carboxylic acids is 2. The molecule has 5 unspecified atom stereocenters. The van der Waals surface area contributed by atoms with Gasteiger partial charge in [-0.1, -0.05) is 93.6 Å². The molecule has 5 atom stereocenters. The lowest BCUT2D eigenvalue weighted by molar-refractivity contribution is -0.312. The Kier molecular flexibility index (Phi) is 11.9. The first-order chi connectivity index (χ1) is 20.3. The Bertz CT molecular complexity index is 1290. The first-order valence-electron chi connectivity index (χ1n) is 15.1. The number of carboxylic acids is 2. The van der Waals surface area contributed by atoms with E-state index in [1.807, 2.05) is 81.3 Å². The Balaban J connectivity index is 1.96. The van der Waals surface area contributed by atoms with E-state index in [1.54, 1.807) is 24.3 Å². The Morgan fingerprint density at radius 3 is 1.77 bits per heavy atom. The molecular formula is C36H46NO6-. The van der Waals surface area contributed by atoms with Gasteiger partial charge in [0.05, 0.1) is 12.0 Å². The molecule has 0 radical (unpaired) electrons. The fourth-order valence-electron chi connectivity index (χ4n) is 5.68. The smallest absolute Gasteiger partial charge is 0.306 e. The van der Waals surface area contributed by atoms with Crippen molar-refractivity contribution in [3.63, 3.8) is 0 Å². The van der Waals surface area contributed by atoms with Gasteiger partial charge in [0.15, 0.2) is 0 Å². The van der Waals surface area contributed by atoms with E-state index < -0.39 is 35.4 Å². The lowest BCUT2D eigenvalue weighted by Crippen LogP contribution is -2.46. The zero-order valence-corrected chi connectivity index (χ0v) is 26.1. The van der Waals surface area contributed by atoms with Gasteiger partial charge in [0.2, 0.25) is 0 Å². The minimum atomic E-state index is -1.25. The summed E-state index contributed by atoms with van der Waals surface area (Å²) in [7, 11) is 0. The number of hydroxylamine groups is 2. The van der Waals surface area contributed by atoms with Crippen LogP contribution in [0.4, 0.5) is 0 Å². The van der Waals surface area contributed by atoms with E-state index in [-0.39, 0.29) is 42.9 Å². The Labute approximate surface area is 256 Å². The Morgan fingerprint density at radius 1 is 0.767 bits per heavy atom. The van der Waals surface area contributed by atoms with E-state index in [4.69, 9.17) is 4.84 Å². The molecule has 0 aliphatic heterocycles. The highest BCUT2D eigenvalue weighted by atomic mass is 16.7. The van der Waals surface area contributed by atoms with Crippen molar-refractivity contribution >= 4 is 11.9 Å². The summed E-state index contributed by atoms with van der Waals surface area (Å²) in [6, 6.07) is 26.0. The van der Waals surface area contributed by atoms with Crippen LogP contribution in [0.5, 0.6) is 5.75 Å². The molecule has 0 aromatic heterocycles. The van der Waals surface area contributed by atoms with Gasteiger partial charge in [-0.05, 0) is 86.6 Å². The third kappa shape index (κ3) is 9.66. The number of hydrogen-bond acceptors (Lipinski definition) is 6. The molecule has 0 aliphatic rings. The summed E-state index contributed by atoms with van der Waals surface area (Å²) in [4.78, 5) is 31.8. The molecule has 0 fully saturated rings. The second kappa shape index (κ2) is 15.2. The SMILES string of the molecule is CC(CC(CC(CC(ON(C(c1ccccc1)C(C)C)C(C)(C)C)c1ccc(O)cc1)C(=O)O)C(=O)[O-])c1ccccc1. The molecule has 0 bridgehead atoms. The van der Waals surface area contributed by atoms with Crippen LogP contribution in [0.2, 0.25) is 0 Å². The lowest BCUT2D eigenvalue weighted by atomic mass is 9.82. The highest BCUT2D eigenvalue weighted by Gasteiger charge is 2.37. The largest absolute Gasteiger partial charge is 0.550 e. The van der Waals surface area contributed by atoms with Crippen LogP contribution >= 0.6 is 0 Å². The zero-order chi connectivity index (χ0) is 31.7. The number of carbonyl (C=O) groups excluding carboxylic acids is 1. The van der Waals surface area contributed by atoms with Crippen LogP contribution in [-0.4, -0.2) is 32.8 Å². The number of nitrogens with zero attached hydrogens (tertiary/aromatic N) is 1. The molecule has 232 valence electrons. The average Bonchev–Trinajstić information content (AvgIpc) is 2.95. The van der Waals surface area contributed by atoms with Crippen LogP contribution in [-0.2, 0) is 14.4 Å². The molecule has 0 amide bonds. The van der Waals surface area contributed by atoms with Crippen LogP contribution in [0.3, 0.4) is 0 Å². The van der Waals surface area contributed by atoms with Crippen molar-refractivity contribution in [3.8, 4) is 5.75 Å². The van der Waals surface area contributed by atoms with Crippen molar-refractivity contribution < 1.29 is 29.7 Å². The Morgan fingerprint density at radius 2 is 1.30 bits per heavy atom. The summed E-state index contributed by atoms with van der Waals surface area (Å²) in [6.07, 6.45) is -0.511. The molecule has 7 nitrogen and oxygen atoms in total. The van der Waals surface area contributed by atoms with Gasteiger partial charge in [0.25, 0.3) is 0 Å². The van der Waals surface area contributed by atoms with Gasteiger partial charge >= 0.3 is 5.97 Å². The third-order valence-electron chi connectivity index (χ3n) is 7.95. The number of hydrogen-bond donors (Lipinski definition) is 2. The molecule has 0 heterocycles. The number of benzene rings is 3. The standard InChI is InChI=1S/C36H47NO6/c1-24(2)33(28-15-11-8-12-16-28)37(36(4,5)6)43-32(27-17-19-31(38)20-18-27)23-30(35(41)42)22-29(34(39)40)21-25(3)26-13-9-7-10-14-26/h7-20,24-25,29-30,32-33,38H,21-23H2,1-6H3,(H,39,40)(H,41,42)/p-1. The Hall–Kier alpha value is -3.68. The number of carboxylic acid groups (broad SMARTS) is 2. The van der Waals surface area contributed by atoms with Crippen molar-refractivity contribution in [2.24, 2.45) is 17.8 Å². The minimum absolute atomic E-state index is 0.0375. The molecule has 0 saturated carbocycles. The van der Waals surface area contributed by atoms with Crippen LogP contribution in [0, 0.1) is 17.8 Å². The van der Waals surface area contributed by atoms with Crippen LogP contribution in [0.1, 0.15) is 95.6 Å². The van der Waals surface area contributed by atoms with Crippen molar-refractivity contribution in [1.29, 1.82) is 0 Å². The van der Waals surface area contributed by atoms with Crippen molar-refractivity contribution in [2.75, 3.05) is 0 Å². The first-order valence-corrected chi connectivity index (χ1v) is 15.1. The maximum atomic E-state index is 12.7. The number of phenolic OH excluding ortho intramolecular Hbond substituents is 1. The molecule has 2 N–H and O–H groups in total. The first kappa shape index (κ1) is 33.8. The number of aromatic hydroxyl groups is 1. The number of phenols is 1. The molecule has 3 aromatic rings. The second-order valence-corrected chi connectivity index (χ2v) is 12.9. The van der Waals surface area contributed by atoms with E-state index in [2.05, 4.69) is 26.0 Å². The van der Waals surface area contributed by atoms with E-state index in [0.717, 1.165) is 11.1 Å². The molecule has 3 aromatic carbocycles. The van der Waals surface area contributed by atoms with Crippen LogP contribution in [0.15, 0.2) is 84.9 Å². The summed E-state index contributed by atoms with van der Waals surface area (Å²) in [5, 5.41) is 34.5. The lowest BCUT2D eigenvalue weighted by Gasteiger charge is -2.44. The van der Waals surface area contributed by atoms with Crippen molar-refractivity contribution in [1.82, 2.24) is 5.06 Å². The van der Waals surface area contributed by atoms with Crippen molar-refractivity contribution in [2.45, 2.75) is 84.4 Å². The summed E-state index contributed by atoms with van der Waals surface area (Å²) in [5.41, 5.74) is 2.28. The number of rotatable bonds is 15. The minimum Gasteiger partial charge on any atom is -0.550 e. The fourth-order valence-corrected chi connectivity index (χ4v) is 5.68. The molecule has 0 saturated heterocycles. The van der Waals surface area contributed by atoms with Crippen LogP contribution < -0.4 is 5.11 Å². The van der Waals surface area contributed by atoms with E-state index in [0.29, 0.717) is 5.56 Å². The van der Waals surface area contributed by atoms with Gasteiger partial charge in [-0.3, -0.25) is 9.63 Å². The van der Waals surface area contributed by atoms with E-state index in [9.17, 15) is 24.9 Å². The predicted octanol–water partition coefficient (Wildman–Crippen LogP) is 6.90. The normalized spacial score (nSPS) is 15.5. The quantitative estimate of drug-likeness (QED) is 0.186. The molecule has 43 heavy (non-hydrogen) atoms. The van der Waals surface area contributed by atoms with E-state index in [1.165, 1.54) is 0 Å². The number of carbonyl (C=O) groups is 2. The molecule has 0 spiro atoms. The van der Waals surface area contributed by atoms with Gasteiger partial charge in [-0.15, -0.1) is 0 Å². The monoisotopic (exact) mass is 588 g/mol. The van der Waals surface area contributed by atoms with Gasteiger partial charge < -0.3 is 20.1 Å². The molecule has 0 aliphatic carbocycles. The van der Waals surface area contributed by atoms with Gasteiger partial charge in [0, 0.05) is 11.5 Å². The van der Waals surface area contributed by atoms with Crippen molar-refractivity contribution in [3.05, 3.63) is 102 Å². The summed E-state index contributed by atoms with van der Waals surface area (Å²) in [6.45, 7) is 12.3. The maximum absolute atomic E-state index is 12.7.